The highest BCUT2D eigenvalue weighted by molar-refractivity contribution is 8.15. The number of amidine groups is 1. The summed E-state index contributed by atoms with van der Waals surface area (Å²) in [5, 5.41) is 29.3. The number of hydrogen-bond acceptors (Lipinski definition) is 7. The minimum atomic E-state index is -2.47. The van der Waals surface area contributed by atoms with E-state index < -0.39 is 11.0 Å². The van der Waals surface area contributed by atoms with Crippen molar-refractivity contribution >= 4 is 40.8 Å². The fraction of sp³-hybridized carbons (Fsp3) is 0.167. The Balaban J connectivity index is 1.60. The highest BCUT2D eigenvalue weighted by Gasteiger charge is 2.30. The lowest BCUT2D eigenvalue weighted by Gasteiger charge is -2.06. The summed E-state index contributed by atoms with van der Waals surface area (Å²) in [5.41, 5.74) is 1.22. The van der Waals surface area contributed by atoms with E-state index in [0.717, 1.165) is 5.56 Å². The molecule has 0 radical (unpaired) electrons. The van der Waals surface area contributed by atoms with Crippen LogP contribution in [0.4, 0.5) is 8.78 Å². The van der Waals surface area contributed by atoms with Crippen LogP contribution in [0.15, 0.2) is 57.6 Å². The number of thioether (sulfide) groups is 2. The van der Waals surface area contributed by atoms with Gasteiger partial charge in [-0.2, -0.15) is 13.9 Å². The van der Waals surface area contributed by atoms with E-state index in [1.54, 1.807) is 24.3 Å². The van der Waals surface area contributed by atoms with E-state index in [2.05, 4.69) is 15.5 Å². The summed E-state index contributed by atoms with van der Waals surface area (Å²) in [6.45, 7) is 0. The number of alkyl halides is 2. The third-order valence-electron chi connectivity index (χ3n) is 3.71. The smallest absolute Gasteiger partial charge is 0.288 e. The molecule has 0 aliphatic carbocycles. The van der Waals surface area contributed by atoms with Gasteiger partial charge < -0.3 is 15.5 Å². The molecule has 0 saturated carbocycles. The molecule has 0 aromatic heterocycles. The summed E-state index contributed by atoms with van der Waals surface area (Å²) in [6, 6.07) is 10.7. The van der Waals surface area contributed by atoms with Crippen molar-refractivity contribution in [3.8, 4) is 11.5 Å². The number of amides is 1. The first-order chi connectivity index (χ1) is 13.4. The Morgan fingerprint density at radius 2 is 1.96 bits per heavy atom. The first-order valence-electron chi connectivity index (χ1n) is 8.05. The van der Waals surface area contributed by atoms with Crippen molar-refractivity contribution in [2.75, 3.05) is 0 Å². The van der Waals surface area contributed by atoms with E-state index in [4.69, 9.17) is 0 Å². The molecule has 6 nitrogen and oxygen atoms in total. The number of carbonyl (C=O) groups is 1. The second-order valence-electron chi connectivity index (χ2n) is 5.72. The van der Waals surface area contributed by atoms with Crippen LogP contribution >= 0.6 is 23.5 Å². The van der Waals surface area contributed by atoms with Gasteiger partial charge in [-0.1, -0.05) is 35.7 Å². The van der Waals surface area contributed by atoms with Crippen molar-refractivity contribution in [1.29, 1.82) is 0 Å². The number of phenolic OH excluding ortho intramolecular Hbond substituents is 2. The van der Waals surface area contributed by atoms with Crippen LogP contribution in [0, 0.1) is 0 Å². The maximum absolute atomic E-state index is 12.3. The van der Waals surface area contributed by atoms with Crippen LogP contribution in [0.25, 0.3) is 0 Å². The molecule has 1 saturated heterocycles. The summed E-state index contributed by atoms with van der Waals surface area (Å²) >= 11 is 1.69. The second-order valence-corrected chi connectivity index (χ2v) is 7.97. The predicted molar refractivity (Wildman–Crippen MR) is 106 cm³/mol. The van der Waals surface area contributed by atoms with Crippen LogP contribution in [-0.4, -0.2) is 38.5 Å². The number of hydrogen-bond donors (Lipinski definition) is 3. The number of aromatic hydroxyl groups is 2. The number of nitrogens with zero attached hydrogens (tertiary/aromatic N) is 2. The Labute approximate surface area is 167 Å². The van der Waals surface area contributed by atoms with Gasteiger partial charge in [0.05, 0.1) is 11.5 Å². The highest BCUT2D eigenvalue weighted by Crippen LogP contribution is 2.27. The van der Waals surface area contributed by atoms with Crippen LogP contribution in [0.2, 0.25) is 0 Å². The number of halogens is 2. The lowest BCUT2D eigenvalue weighted by Crippen LogP contribution is -2.25. The molecule has 0 spiro atoms. The van der Waals surface area contributed by atoms with E-state index in [1.165, 1.54) is 36.2 Å². The predicted octanol–water partition coefficient (Wildman–Crippen LogP) is 3.58. The molecule has 1 aliphatic rings. The zero-order valence-electron chi connectivity index (χ0n) is 14.3. The molecule has 146 valence electrons. The summed E-state index contributed by atoms with van der Waals surface area (Å²) in [6.07, 6.45) is 1.73. The number of rotatable bonds is 6. The summed E-state index contributed by atoms with van der Waals surface area (Å²) in [7, 11) is 0. The molecule has 0 unspecified atom stereocenters. The maximum Gasteiger partial charge on any atom is 0.288 e. The van der Waals surface area contributed by atoms with Gasteiger partial charge in [0.15, 0.2) is 5.17 Å². The molecular weight excluding hydrogens is 408 g/mol. The van der Waals surface area contributed by atoms with E-state index in [9.17, 15) is 23.8 Å². The second kappa shape index (κ2) is 9.07. The number of carbonyl (C=O) groups excluding carboxylic acids is 1. The summed E-state index contributed by atoms with van der Waals surface area (Å²) < 4.78 is 24.7. The molecule has 3 N–H and O–H groups in total. The van der Waals surface area contributed by atoms with Crippen LogP contribution in [0.1, 0.15) is 11.1 Å². The maximum atomic E-state index is 12.3. The third-order valence-corrected chi connectivity index (χ3v) is 5.50. The van der Waals surface area contributed by atoms with Crippen LogP contribution in [0.5, 0.6) is 11.5 Å². The monoisotopic (exact) mass is 423 g/mol. The molecule has 3 rings (SSSR count). The molecule has 2 aromatic rings. The Hall–Kier alpha value is -2.59. The van der Waals surface area contributed by atoms with Gasteiger partial charge in [-0.05, 0) is 36.2 Å². The first kappa shape index (κ1) is 20.2. The van der Waals surface area contributed by atoms with Gasteiger partial charge >= 0.3 is 0 Å². The molecule has 1 fully saturated rings. The SMILES string of the molecule is O=C1N/C(=N/N=C\c2ccc(O)cc2O)S[C@H]1Cc1ccc(SC(F)F)cc1. The largest absolute Gasteiger partial charge is 0.508 e. The molecule has 1 atom stereocenters. The van der Waals surface area contributed by atoms with Gasteiger partial charge in [0.2, 0.25) is 5.91 Å². The average Bonchev–Trinajstić information content (AvgIpc) is 2.97. The molecule has 0 bridgehead atoms. The molecule has 1 heterocycles. The highest BCUT2D eigenvalue weighted by atomic mass is 32.2. The minimum absolute atomic E-state index is 0.0664. The van der Waals surface area contributed by atoms with Crippen LogP contribution in [0.3, 0.4) is 0 Å². The topological polar surface area (TPSA) is 94.3 Å². The number of nitrogens with one attached hydrogen (secondary N) is 1. The summed E-state index contributed by atoms with van der Waals surface area (Å²) in [4.78, 5) is 12.6. The van der Waals surface area contributed by atoms with Crippen molar-refractivity contribution in [2.24, 2.45) is 10.2 Å². The standard InChI is InChI=1S/C18H15F2N3O3S2/c19-17(20)27-13-5-1-10(2-6-13)7-15-16(26)22-18(28-15)23-21-9-11-3-4-12(24)8-14(11)25/h1-6,8-9,15,17,24-25H,7H2,(H,22,23,26)/b21-9-/t15-/m0/s1. The number of benzene rings is 2. The lowest BCUT2D eigenvalue weighted by atomic mass is 10.1. The van der Waals surface area contributed by atoms with Gasteiger partial charge in [-0.15, -0.1) is 5.10 Å². The molecule has 2 aromatic carbocycles. The first-order valence-corrected chi connectivity index (χ1v) is 9.81. The minimum Gasteiger partial charge on any atom is -0.508 e. The molecule has 10 heteroatoms. The van der Waals surface area contributed by atoms with Crippen LogP contribution < -0.4 is 5.32 Å². The van der Waals surface area contributed by atoms with Crippen molar-refractivity contribution in [1.82, 2.24) is 5.32 Å². The molecule has 28 heavy (non-hydrogen) atoms. The Morgan fingerprint density at radius 1 is 1.21 bits per heavy atom. The Kier molecular flexibility index (Phi) is 6.53. The van der Waals surface area contributed by atoms with E-state index in [0.29, 0.717) is 33.8 Å². The Morgan fingerprint density at radius 3 is 2.64 bits per heavy atom. The third kappa shape index (κ3) is 5.46. The van der Waals surface area contributed by atoms with Gasteiger partial charge in [-0.25, -0.2) is 0 Å². The van der Waals surface area contributed by atoms with Crippen molar-refractivity contribution in [3.63, 3.8) is 0 Å². The van der Waals surface area contributed by atoms with E-state index in [-0.39, 0.29) is 17.4 Å². The quantitative estimate of drug-likeness (QED) is 0.375. The van der Waals surface area contributed by atoms with E-state index >= 15 is 0 Å². The summed E-state index contributed by atoms with van der Waals surface area (Å²) in [5.74, 6) is -2.89. The zero-order valence-corrected chi connectivity index (χ0v) is 15.9. The fourth-order valence-electron chi connectivity index (χ4n) is 2.39. The fourth-order valence-corrected chi connectivity index (χ4v) is 3.86. The average molecular weight is 423 g/mol. The van der Waals surface area contributed by atoms with Crippen molar-refractivity contribution in [2.45, 2.75) is 22.3 Å². The zero-order chi connectivity index (χ0) is 20.1. The van der Waals surface area contributed by atoms with Crippen molar-refractivity contribution in [3.05, 3.63) is 53.6 Å². The van der Waals surface area contributed by atoms with Crippen LogP contribution in [-0.2, 0) is 11.2 Å². The normalized spacial score (nSPS) is 18.3. The molecule has 1 aliphatic heterocycles. The molecular formula is C18H15F2N3O3S2. The van der Waals surface area contributed by atoms with Gasteiger partial charge in [0.1, 0.15) is 11.5 Å². The van der Waals surface area contributed by atoms with E-state index in [1.807, 2.05) is 0 Å². The number of phenols is 2. The lowest BCUT2D eigenvalue weighted by molar-refractivity contribution is -0.118. The van der Waals surface area contributed by atoms with Gasteiger partial charge in [-0.3, -0.25) is 4.79 Å². The molecule has 1 amide bonds. The van der Waals surface area contributed by atoms with Gasteiger partial charge in [0.25, 0.3) is 5.76 Å². The van der Waals surface area contributed by atoms with Gasteiger partial charge in [0, 0.05) is 16.5 Å². The Bertz CT molecular complexity index is 921. The van der Waals surface area contributed by atoms with Crippen molar-refractivity contribution < 1.29 is 23.8 Å².